The molecule has 2 saturated heterocycles. The van der Waals surface area contributed by atoms with E-state index in [1.54, 1.807) is 6.20 Å². The van der Waals surface area contributed by atoms with Crippen LogP contribution < -0.4 is 15.4 Å². The van der Waals surface area contributed by atoms with Gasteiger partial charge in [-0.3, -0.25) is 9.78 Å². The van der Waals surface area contributed by atoms with Crippen LogP contribution in [0.15, 0.2) is 23.3 Å². The Kier molecular flexibility index (Phi) is 3.46. The highest BCUT2D eigenvalue weighted by atomic mass is 19.1. The third-order valence-corrected chi connectivity index (χ3v) is 5.59. The van der Waals surface area contributed by atoms with Crippen molar-refractivity contribution in [2.75, 3.05) is 36.0 Å². The second-order valence-electron chi connectivity index (χ2n) is 7.49. The Bertz CT molecular complexity index is 1080. The number of hydrogen-bond donors (Lipinski definition) is 1. The van der Waals surface area contributed by atoms with Crippen molar-refractivity contribution in [1.82, 2.24) is 24.6 Å². The molecule has 8 nitrogen and oxygen atoms in total. The standard InChI is InChI=1S/C18H20FN7O/c1-10-5-14-16(20-3-4-26(14)23-10)24-6-12-8-25(9-13(12)7-24)18-21-11(2)15(19)17(27)22-18/h3-5,12-13H,6-9H2,1-2H3,(H,21,22,27). The van der Waals surface area contributed by atoms with Crippen molar-refractivity contribution in [2.45, 2.75) is 13.8 Å². The summed E-state index contributed by atoms with van der Waals surface area (Å²) in [7, 11) is 0. The minimum absolute atomic E-state index is 0.138. The maximum atomic E-state index is 13.6. The molecule has 3 aromatic rings. The highest BCUT2D eigenvalue weighted by Gasteiger charge is 2.41. The van der Waals surface area contributed by atoms with Crippen LogP contribution >= 0.6 is 0 Å². The Morgan fingerprint density at radius 2 is 1.85 bits per heavy atom. The van der Waals surface area contributed by atoms with Crippen LogP contribution in [-0.2, 0) is 0 Å². The number of H-pyrrole nitrogens is 1. The number of aromatic amines is 1. The van der Waals surface area contributed by atoms with Gasteiger partial charge in [0, 0.05) is 50.4 Å². The van der Waals surface area contributed by atoms with Gasteiger partial charge in [-0.05, 0) is 19.9 Å². The maximum absolute atomic E-state index is 13.6. The molecule has 2 unspecified atom stereocenters. The molecule has 0 bridgehead atoms. The molecule has 2 atom stereocenters. The fourth-order valence-corrected chi connectivity index (χ4v) is 4.32. The zero-order valence-corrected chi connectivity index (χ0v) is 15.2. The number of fused-ring (bicyclic) bond motifs is 2. The molecule has 2 aliphatic rings. The summed E-state index contributed by atoms with van der Waals surface area (Å²) in [5, 5.41) is 4.46. The SMILES string of the molecule is Cc1cc2c(N3CC4CN(c5nc(C)c(F)c(=O)[nH]5)CC4C3)nccn2n1. The molecule has 0 saturated carbocycles. The van der Waals surface area contributed by atoms with Gasteiger partial charge in [-0.2, -0.15) is 9.49 Å². The van der Waals surface area contributed by atoms with Gasteiger partial charge < -0.3 is 9.80 Å². The summed E-state index contributed by atoms with van der Waals surface area (Å²) in [5.41, 5.74) is 1.42. The Balaban J connectivity index is 1.37. The van der Waals surface area contributed by atoms with Gasteiger partial charge in [-0.15, -0.1) is 0 Å². The predicted molar refractivity (Wildman–Crippen MR) is 98.7 cm³/mol. The second kappa shape index (κ2) is 5.77. The molecule has 1 N–H and O–H groups in total. The first-order valence-electron chi connectivity index (χ1n) is 9.07. The lowest BCUT2D eigenvalue weighted by atomic mass is 10.0. The van der Waals surface area contributed by atoms with Crippen LogP contribution in [0.3, 0.4) is 0 Å². The molecule has 9 heteroatoms. The lowest BCUT2D eigenvalue weighted by Crippen LogP contribution is -2.32. The molecule has 5 heterocycles. The number of anilines is 2. The topological polar surface area (TPSA) is 82.4 Å². The quantitative estimate of drug-likeness (QED) is 0.730. The van der Waals surface area contributed by atoms with E-state index in [0.717, 1.165) is 43.2 Å². The van der Waals surface area contributed by atoms with E-state index in [1.165, 1.54) is 6.92 Å². The molecule has 27 heavy (non-hydrogen) atoms. The Morgan fingerprint density at radius 3 is 2.56 bits per heavy atom. The Morgan fingerprint density at radius 1 is 1.15 bits per heavy atom. The number of rotatable bonds is 2. The highest BCUT2D eigenvalue weighted by Crippen LogP contribution is 2.35. The van der Waals surface area contributed by atoms with Crippen LogP contribution in [-0.4, -0.2) is 50.7 Å². The molecule has 3 aromatic heterocycles. The third-order valence-electron chi connectivity index (χ3n) is 5.59. The normalized spacial score (nSPS) is 22.0. The van der Waals surface area contributed by atoms with Crippen LogP contribution in [0.2, 0.25) is 0 Å². The van der Waals surface area contributed by atoms with Gasteiger partial charge in [0.1, 0.15) is 5.52 Å². The molecule has 140 valence electrons. The van der Waals surface area contributed by atoms with Gasteiger partial charge in [-0.1, -0.05) is 0 Å². The number of aryl methyl sites for hydroxylation is 2. The van der Waals surface area contributed by atoms with Crippen LogP contribution in [0.5, 0.6) is 0 Å². The third kappa shape index (κ3) is 2.56. The van der Waals surface area contributed by atoms with Gasteiger partial charge in [0.2, 0.25) is 11.8 Å². The molecular weight excluding hydrogens is 349 g/mol. The van der Waals surface area contributed by atoms with Crippen LogP contribution in [0, 0.1) is 31.5 Å². The molecule has 2 aliphatic heterocycles. The summed E-state index contributed by atoms with van der Waals surface area (Å²) in [6.07, 6.45) is 3.65. The van der Waals surface area contributed by atoms with E-state index in [9.17, 15) is 9.18 Å². The Hall–Kier alpha value is -2.97. The van der Waals surface area contributed by atoms with Gasteiger partial charge in [0.15, 0.2) is 5.82 Å². The minimum atomic E-state index is -0.806. The van der Waals surface area contributed by atoms with Crippen LogP contribution in [0.4, 0.5) is 16.2 Å². The summed E-state index contributed by atoms with van der Waals surface area (Å²) in [5.74, 6) is 1.52. The van der Waals surface area contributed by atoms with E-state index >= 15 is 0 Å². The zero-order valence-electron chi connectivity index (χ0n) is 15.2. The molecule has 0 radical (unpaired) electrons. The van der Waals surface area contributed by atoms with Crippen molar-refractivity contribution < 1.29 is 4.39 Å². The van der Waals surface area contributed by atoms with Crippen molar-refractivity contribution in [3.05, 3.63) is 46.0 Å². The summed E-state index contributed by atoms with van der Waals surface area (Å²) >= 11 is 0. The van der Waals surface area contributed by atoms with E-state index in [2.05, 4.69) is 35.9 Å². The number of nitrogens with one attached hydrogen (secondary N) is 1. The van der Waals surface area contributed by atoms with Crippen molar-refractivity contribution in [3.8, 4) is 0 Å². The smallest absolute Gasteiger partial charge is 0.288 e. The predicted octanol–water partition coefficient (Wildman–Crippen LogP) is 1.14. The first-order valence-corrected chi connectivity index (χ1v) is 9.07. The summed E-state index contributed by atoms with van der Waals surface area (Å²) in [4.78, 5) is 27.4. The average molecular weight is 369 g/mol. The first kappa shape index (κ1) is 16.2. The molecule has 0 aliphatic carbocycles. The van der Waals surface area contributed by atoms with Crippen LogP contribution in [0.1, 0.15) is 11.4 Å². The van der Waals surface area contributed by atoms with Crippen molar-refractivity contribution in [3.63, 3.8) is 0 Å². The number of hydrogen-bond acceptors (Lipinski definition) is 6. The lowest BCUT2D eigenvalue weighted by molar-refractivity contribution is 0.533. The Labute approximate surface area is 154 Å². The van der Waals surface area contributed by atoms with Gasteiger partial charge >= 0.3 is 0 Å². The van der Waals surface area contributed by atoms with E-state index in [4.69, 9.17) is 0 Å². The zero-order chi connectivity index (χ0) is 18.7. The molecule has 2 fully saturated rings. The molecule has 0 spiro atoms. The summed E-state index contributed by atoms with van der Waals surface area (Å²) in [6.45, 7) is 6.86. The minimum Gasteiger partial charge on any atom is -0.354 e. The highest BCUT2D eigenvalue weighted by molar-refractivity contribution is 5.69. The number of aromatic nitrogens is 5. The summed E-state index contributed by atoms with van der Waals surface area (Å²) < 4.78 is 15.4. The fraction of sp³-hybridized carbons (Fsp3) is 0.444. The summed E-state index contributed by atoms with van der Waals surface area (Å²) in [6, 6.07) is 2.05. The number of halogens is 1. The lowest BCUT2D eigenvalue weighted by Gasteiger charge is -2.23. The largest absolute Gasteiger partial charge is 0.354 e. The van der Waals surface area contributed by atoms with E-state index in [0.29, 0.717) is 17.8 Å². The van der Waals surface area contributed by atoms with Gasteiger partial charge in [0.25, 0.3) is 5.56 Å². The monoisotopic (exact) mass is 369 g/mol. The van der Waals surface area contributed by atoms with Crippen molar-refractivity contribution in [1.29, 1.82) is 0 Å². The van der Waals surface area contributed by atoms with Gasteiger partial charge in [-0.25, -0.2) is 14.5 Å². The number of nitrogens with zero attached hydrogens (tertiary/aromatic N) is 6. The van der Waals surface area contributed by atoms with Crippen molar-refractivity contribution in [2.24, 2.45) is 11.8 Å². The first-order chi connectivity index (χ1) is 13.0. The second-order valence-corrected chi connectivity index (χ2v) is 7.49. The maximum Gasteiger partial charge on any atom is 0.288 e. The van der Waals surface area contributed by atoms with E-state index in [-0.39, 0.29) is 5.69 Å². The molecule has 0 aromatic carbocycles. The molecular formula is C18H20FN7O. The van der Waals surface area contributed by atoms with Crippen molar-refractivity contribution >= 4 is 17.3 Å². The van der Waals surface area contributed by atoms with Gasteiger partial charge in [0.05, 0.1) is 11.4 Å². The van der Waals surface area contributed by atoms with E-state index < -0.39 is 11.4 Å². The van der Waals surface area contributed by atoms with Crippen LogP contribution in [0.25, 0.3) is 5.52 Å². The average Bonchev–Trinajstić information content (AvgIpc) is 3.30. The molecule has 0 amide bonds. The molecule has 5 rings (SSSR count). The van der Waals surface area contributed by atoms with E-state index in [1.807, 2.05) is 17.6 Å². The fourth-order valence-electron chi connectivity index (χ4n) is 4.32.